The van der Waals surface area contributed by atoms with Gasteiger partial charge in [0.1, 0.15) is 0 Å². The standard InChI is InChI=1S/C7H9NO2S.C6H7N/c1-11(9,10)8-7-5-3-2-4-6-7;7-6-4-2-1-3-5-6/h2-6,8H,1H3;1-5H,7H2. The summed E-state index contributed by atoms with van der Waals surface area (Å²) in [5.41, 5.74) is 6.77. The third kappa shape index (κ3) is 6.55. The molecule has 18 heavy (non-hydrogen) atoms. The van der Waals surface area contributed by atoms with E-state index < -0.39 is 10.0 Å². The van der Waals surface area contributed by atoms with Gasteiger partial charge in [-0.15, -0.1) is 0 Å². The molecule has 96 valence electrons. The molecule has 0 atom stereocenters. The smallest absolute Gasteiger partial charge is 0.229 e. The summed E-state index contributed by atoms with van der Waals surface area (Å²) in [7, 11) is -3.13. The topological polar surface area (TPSA) is 72.2 Å². The molecule has 4 nitrogen and oxygen atoms in total. The van der Waals surface area contributed by atoms with Crippen molar-refractivity contribution in [3.8, 4) is 0 Å². The fourth-order valence-corrected chi connectivity index (χ4v) is 1.74. The second-order valence-corrected chi connectivity index (χ2v) is 5.40. The predicted octanol–water partition coefficient (Wildman–Crippen LogP) is 2.33. The van der Waals surface area contributed by atoms with Gasteiger partial charge in [0.25, 0.3) is 0 Å². The number of hydrogen-bond acceptors (Lipinski definition) is 3. The average Bonchev–Trinajstić information content (AvgIpc) is 2.30. The lowest BCUT2D eigenvalue weighted by Gasteiger charge is -2.00. The second kappa shape index (κ2) is 6.66. The average molecular weight is 264 g/mol. The van der Waals surface area contributed by atoms with Crippen LogP contribution in [-0.4, -0.2) is 14.7 Å². The van der Waals surface area contributed by atoms with E-state index in [0.717, 1.165) is 11.9 Å². The Morgan fingerprint density at radius 1 is 0.889 bits per heavy atom. The Balaban J connectivity index is 0.000000199. The van der Waals surface area contributed by atoms with Crippen molar-refractivity contribution in [3.63, 3.8) is 0 Å². The summed E-state index contributed by atoms with van der Waals surface area (Å²) >= 11 is 0. The first kappa shape index (κ1) is 14.1. The van der Waals surface area contributed by atoms with E-state index >= 15 is 0 Å². The molecule has 3 N–H and O–H groups in total. The maximum Gasteiger partial charge on any atom is 0.229 e. The molecule has 0 aliphatic carbocycles. The van der Waals surface area contributed by atoms with E-state index in [2.05, 4.69) is 4.72 Å². The molecule has 2 aromatic carbocycles. The molecule has 0 aromatic heterocycles. The number of nitrogens with two attached hydrogens (primary N) is 1. The summed E-state index contributed by atoms with van der Waals surface area (Å²) in [4.78, 5) is 0. The van der Waals surface area contributed by atoms with Crippen LogP contribution in [0.4, 0.5) is 11.4 Å². The summed E-state index contributed by atoms with van der Waals surface area (Å²) in [5, 5.41) is 0. The Morgan fingerprint density at radius 3 is 1.67 bits per heavy atom. The van der Waals surface area contributed by atoms with Gasteiger partial charge in [-0.2, -0.15) is 0 Å². The third-order valence-electron chi connectivity index (χ3n) is 1.88. The number of anilines is 2. The highest BCUT2D eigenvalue weighted by Crippen LogP contribution is 2.05. The van der Waals surface area contributed by atoms with E-state index in [1.54, 1.807) is 24.3 Å². The van der Waals surface area contributed by atoms with Crippen molar-refractivity contribution in [1.29, 1.82) is 0 Å². The van der Waals surface area contributed by atoms with Crippen LogP contribution in [0.3, 0.4) is 0 Å². The summed E-state index contributed by atoms with van der Waals surface area (Å²) in [6.07, 6.45) is 1.12. The van der Waals surface area contributed by atoms with Crippen molar-refractivity contribution in [2.75, 3.05) is 16.7 Å². The van der Waals surface area contributed by atoms with Crippen LogP contribution in [0.25, 0.3) is 0 Å². The molecule has 0 aliphatic rings. The number of benzene rings is 2. The van der Waals surface area contributed by atoms with Gasteiger partial charge in [0.2, 0.25) is 10.0 Å². The van der Waals surface area contributed by atoms with Crippen LogP contribution >= 0.6 is 0 Å². The zero-order chi connectivity index (χ0) is 13.4. The van der Waals surface area contributed by atoms with Gasteiger partial charge in [0.05, 0.1) is 6.26 Å². The molecular weight excluding hydrogens is 248 g/mol. The van der Waals surface area contributed by atoms with Crippen LogP contribution in [0.1, 0.15) is 0 Å². The molecule has 0 spiro atoms. The Hall–Kier alpha value is -2.01. The lowest BCUT2D eigenvalue weighted by molar-refractivity contribution is 0.607. The van der Waals surface area contributed by atoms with Gasteiger partial charge in [0.15, 0.2) is 0 Å². The van der Waals surface area contributed by atoms with Crippen molar-refractivity contribution in [2.45, 2.75) is 0 Å². The molecule has 2 rings (SSSR count). The second-order valence-electron chi connectivity index (χ2n) is 3.65. The van der Waals surface area contributed by atoms with Gasteiger partial charge in [-0.05, 0) is 24.3 Å². The number of hydrogen-bond donors (Lipinski definition) is 2. The molecule has 0 saturated carbocycles. The van der Waals surface area contributed by atoms with Crippen LogP contribution in [0.2, 0.25) is 0 Å². The van der Waals surface area contributed by atoms with Crippen molar-refractivity contribution < 1.29 is 8.42 Å². The van der Waals surface area contributed by atoms with Gasteiger partial charge in [0, 0.05) is 11.4 Å². The summed E-state index contributed by atoms with van der Waals surface area (Å²) in [6.45, 7) is 0. The molecule has 0 heterocycles. The maximum absolute atomic E-state index is 10.7. The predicted molar refractivity (Wildman–Crippen MR) is 75.8 cm³/mol. The van der Waals surface area contributed by atoms with Crippen molar-refractivity contribution >= 4 is 21.4 Å². The summed E-state index contributed by atoms with van der Waals surface area (Å²) < 4.78 is 23.7. The zero-order valence-electron chi connectivity index (χ0n) is 10.1. The number of sulfonamides is 1. The van der Waals surface area contributed by atoms with Gasteiger partial charge in [-0.25, -0.2) is 8.42 Å². The SMILES string of the molecule is CS(=O)(=O)Nc1ccccc1.Nc1ccccc1. The molecule has 2 aromatic rings. The minimum Gasteiger partial charge on any atom is -0.399 e. The Labute approximate surface area is 108 Å². The monoisotopic (exact) mass is 264 g/mol. The van der Waals surface area contributed by atoms with E-state index in [4.69, 9.17) is 5.73 Å². The molecule has 0 unspecified atom stereocenters. The largest absolute Gasteiger partial charge is 0.399 e. The molecule has 0 amide bonds. The van der Waals surface area contributed by atoms with Crippen molar-refractivity contribution in [3.05, 3.63) is 60.7 Å². The first-order valence-corrected chi connectivity index (χ1v) is 7.20. The first-order valence-electron chi connectivity index (χ1n) is 5.31. The zero-order valence-corrected chi connectivity index (χ0v) is 10.9. The Bertz CT molecular complexity index is 554. The van der Waals surface area contributed by atoms with Crippen LogP contribution in [0.15, 0.2) is 60.7 Å². The Morgan fingerprint density at radius 2 is 1.33 bits per heavy atom. The molecule has 0 fully saturated rings. The number of rotatable bonds is 2. The van der Waals surface area contributed by atoms with Crippen molar-refractivity contribution in [1.82, 2.24) is 0 Å². The van der Waals surface area contributed by atoms with Gasteiger partial charge < -0.3 is 5.73 Å². The number of nitrogen functional groups attached to an aromatic ring is 1. The highest BCUT2D eigenvalue weighted by molar-refractivity contribution is 7.92. The summed E-state index contributed by atoms with van der Waals surface area (Å²) in [5.74, 6) is 0. The first-order chi connectivity index (χ1) is 8.47. The fraction of sp³-hybridized carbons (Fsp3) is 0.0769. The minimum atomic E-state index is -3.13. The normalized spacial score (nSPS) is 10.1. The fourth-order valence-electron chi connectivity index (χ4n) is 1.17. The molecule has 0 aliphatic heterocycles. The van der Waals surface area contributed by atoms with E-state index in [1.807, 2.05) is 36.4 Å². The third-order valence-corrected chi connectivity index (χ3v) is 2.48. The minimum absolute atomic E-state index is 0.593. The van der Waals surface area contributed by atoms with Crippen LogP contribution in [-0.2, 0) is 10.0 Å². The highest BCUT2D eigenvalue weighted by Gasteiger charge is 1.98. The molecule has 0 bridgehead atoms. The van der Waals surface area contributed by atoms with Gasteiger partial charge in [-0.1, -0.05) is 36.4 Å². The van der Waals surface area contributed by atoms with E-state index in [1.165, 1.54) is 0 Å². The number of para-hydroxylation sites is 2. The molecule has 0 saturated heterocycles. The number of nitrogens with one attached hydrogen (secondary N) is 1. The highest BCUT2D eigenvalue weighted by atomic mass is 32.2. The lowest BCUT2D eigenvalue weighted by atomic mass is 10.3. The van der Waals surface area contributed by atoms with E-state index in [9.17, 15) is 8.42 Å². The van der Waals surface area contributed by atoms with E-state index in [0.29, 0.717) is 5.69 Å². The van der Waals surface area contributed by atoms with Gasteiger partial charge in [-0.3, -0.25) is 4.72 Å². The molecular formula is C13H16N2O2S. The summed E-state index contributed by atoms with van der Waals surface area (Å²) in [6, 6.07) is 18.2. The quantitative estimate of drug-likeness (QED) is 0.818. The van der Waals surface area contributed by atoms with Crippen LogP contribution < -0.4 is 10.5 Å². The molecule has 5 heteroatoms. The lowest BCUT2D eigenvalue weighted by Crippen LogP contribution is -2.08. The van der Waals surface area contributed by atoms with Gasteiger partial charge >= 0.3 is 0 Å². The van der Waals surface area contributed by atoms with Crippen LogP contribution in [0.5, 0.6) is 0 Å². The van der Waals surface area contributed by atoms with Crippen LogP contribution in [0, 0.1) is 0 Å². The molecule has 0 radical (unpaired) electrons. The maximum atomic E-state index is 10.7. The Kier molecular flexibility index (Phi) is 5.20. The van der Waals surface area contributed by atoms with E-state index in [-0.39, 0.29) is 0 Å². The van der Waals surface area contributed by atoms with Crippen molar-refractivity contribution in [2.24, 2.45) is 0 Å².